The molecule has 1 heterocycles. The topological polar surface area (TPSA) is 108 Å². The Kier molecular flexibility index (Phi) is 4.20. The van der Waals surface area contributed by atoms with E-state index in [-0.39, 0.29) is 17.5 Å². The van der Waals surface area contributed by atoms with Crippen LogP contribution in [0, 0.1) is 15.5 Å². The summed E-state index contributed by atoms with van der Waals surface area (Å²) < 4.78 is 9.67. The van der Waals surface area contributed by atoms with Crippen molar-refractivity contribution in [3.63, 3.8) is 0 Å². The van der Waals surface area contributed by atoms with E-state index >= 15 is 0 Å². The minimum absolute atomic E-state index is 0.0471. The fourth-order valence-electron chi connectivity index (χ4n) is 2.20. The van der Waals surface area contributed by atoms with Crippen LogP contribution < -0.4 is 0 Å². The van der Waals surface area contributed by atoms with Crippen molar-refractivity contribution < 1.29 is 18.9 Å². The van der Waals surface area contributed by atoms with Crippen molar-refractivity contribution in [2.24, 2.45) is 5.41 Å². The molecule has 2 aromatic rings. The van der Waals surface area contributed by atoms with Gasteiger partial charge in [0.05, 0.1) is 4.92 Å². The van der Waals surface area contributed by atoms with Gasteiger partial charge in [-0.15, -0.1) is 33.4 Å². The van der Waals surface area contributed by atoms with Crippen LogP contribution >= 0.6 is 23.2 Å². The zero-order valence-corrected chi connectivity index (χ0v) is 14.7. The van der Waals surface area contributed by atoms with Crippen molar-refractivity contribution in [1.29, 1.82) is 0 Å². The summed E-state index contributed by atoms with van der Waals surface area (Å²) in [6.45, 7) is 3.21. The summed E-state index contributed by atoms with van der Waals surface area (Å²) in [6.07, 6.45) is -0.472. The maximum Gasteiger partial charge on any atom is 0.315 e. The first-order chi connectivity index (χ1) is 11.6. The zero-order valence-electron chi connectivity index (χ0n) is 13.2. The number of hydrogen-bond acceptors (Lipinski definition) is 7. The Morgan fingerprint density at radius 2 is 1.96 bits per heavy atom. The molecule has 0 amide bonds. The molecule has 2 atom stereocenters. The summed E-state index contributed by atoms with van der Waals surface area (Å²) in [5.41, 5.74) is -0.488. The summed E-state index contributed by atoms with van der Waals surface area (Å²) in [5.74, 6) is -0.282. The Balaban J connectivity index is 1.70. The number of carbonyl (C=O) groups is 1. The number of ether oxygens (including phenoxy) is 1. The highest BCUT2D eigenvalue weighted by atomic mass is 35.5. The normalized spacial score (nSPS) is 22.2. The number of non-ortho nitro benzene ring substituents is 1. The van der Waals surface area contributed by atoms with E-state index in [4.69, 9.17) is 32.4 Å². The van der Waals surface area contributed by atoms with Crippen LogP contribution in [-0.2, 0) is 9.53 Å². The van der Waals surface area contributed by atoms with Gasteiger partial charge in [-0.3, -0.25) is 14.9 Å². The Labute approximate surface area is 152 Å². The third kappa shape index (κ3) is 3.19. The second-order valence-corrected chi connectivity index (χ2v) is 7.49. The van der Waals surface area contributed by atoms with Gasteiger partial charge in [-0.1, -0.05) is 0 Å². The van der Waals surface area contributed by atoms with Gasteiger partial charge in [-0.2, -0.15) is 0 Å². The summed E-state index contributed by atoms with van der Waals surface area (Å²) in [5, 5.41) is 18.4. The SMILES string of the molecule is C[C@@H](OC(=O)[C@@]1(C)CC1(Cl)Cl)c1nnc(-c2ccc([N+](=O)[O-])cc2)o1. The van der Waals surface area contributed by atoms with Crippen LogP contribution in [0.3, 0.4) is 0 Å². The highest BCUT2D eigenvalue weighted by Crippen LogP contribution is 2.64. The summed E-state index contributed by atoms with van der Waals surface area (Å²) >= 11 is 11.9. The van der Waals surface area contributed by atoms with Gasteiger partial charge in [0.25, 0.3) is 11.6 Å². The van der Waals surface area contributed by atoms with Crippen molar-refractivity contribution in [1.82, 2.24) is 10.2 Å². The molecule has 132 valence electrons. The molecule has 1 aromatic heterocycles. The van der Waals surface area contributed by atoms with Gasteiger partial charge in [0, 0.05) is 24.1 Å². The molecular formula is C15H13Cl2N3O5. The molecule has 3 rings (SSSR count). The van der Waals surface area contributed by atoms with Crippen LogP contribution in [0.4, 0.5) is 5.69 Å². The van der Waals surface area contributed by atoms with Crippen LogP contribution in [0.5, 0.6) is 0 Å². The molecule has 1 aromatic carbocycles. The third-order valence-electron chi connectivity index (χ3n) is 4.11. The van der Waals surface area contributed by atoms with E-state index in [0.29, 0.717) is 12.0 Å². The lowest BCUT2D eigenvalue weighted by molar-refractivity contribution is -0.384. The van der Waals surface area contributed by atoms with Crippen LogP contribution in [-0.4, -0.2) is 25.4 Å². The first-order valence-electron chi connectivity index (χ1n) is 7.31. The smallest absolute Gasteiger partial charge is 0.315 e. The molecule has 1 fully saturated rings. The van der Waals surface area contributed by atoms with Crippen LogP contribution in [0.15, 0.2) is 28.7 Å². The predicted octanol–water partition coefficient (Wildman–Crippen LogP) is 3.83. The summed E-state index contributed by atoms with van der Waals surface area (Å²) in [7, 11) is 0. The Hall–Kier alpha value is -2.19. The Bertz CT molecular complexity index is 836. The number of rotatable bonds is 5. The van der Waals surface area contributed by atoms with E-state index in [1.54, 1.807) is 13.8 Å². The molecule has 0 bridgehead atoms. The fraction of sp³-hybridized carbons (Fsp3) is 0.400. The molecule has 0 saturated heterocycles. The van der Waals surface area contributed by atoms with Gasteiger partial charge in [0.2, 0.25) is 5.89 Å². The van der Waals surface area contributed by atoms with E-state index in [1.165, 1.54) is 24.3 Å². The Morgan fingerprint density at radius 3 is 2.48 bits per heavy atom. The van der Waals surface area contributed by atoms with Gasteiger partial charge < -0.3 is 9.15 Å². The average Bonchev–Trinajstić information content (AvgIpc) is 2.92. The largest absolute Gasteiger partial charge is 0.452 e. The molecule has 0 N–H and O–H groups in total. The molecule has 0 aliphatic heterocycles. The second kappa shape index (κ2) is 5.96. The van der Waals surface area contributed by atoms with Crippen LogP contribution in [0.1, 0.15) is 32.3 Å². The van der Waals surface area contributed by atoms with Crippen molar-refractivity contribution in [2.45, 2.75) is 30.7 Å². The summed E-state index contributed by atoms with van der Waals surface area (Å²) in [6, 6.07) is 5.65. The third-order valence-corrected chi connectivity index (χ3v) is 5.21. The van der Waals surface area contributed by atoms with E-state index in [2.05, 4.69) is 10.2 Å². The number of aromatic nitrogens is 2. The highest BCUT2D eigenvalue weighted by Gasteiger charge is 2.69. The molecule has 1 aliphatic carbocycles. The van der Waals surface area contributed by atoms with Gasteiger partial charge in [0.15, 0.2) is 6.10 Å². The van der Waals surface area contributed by atoms with Crippen molar-refractivity contribution in [3.05, 3.63) is 40.3 Å². The fourth-order valence-corrected chi connectivity index (χ4v) is 2.89. The van der Waals surface area contributed by atoms with Gasteiger partial charge in [-0.25, -0.2) is 0 Å². The number of hydrogen-bond donors (Lipinski definition) is 0. The van der Waals surface area contributed by atoms with E-state index < -0.39 is 26.7 Å². The quantitative estimate of drug-likeness (QED) is 0.332. The van der Waals surface area contributed by atoms with Crippen molar-refractivity contribution in [3.8, 4) is 11.5 Å². The predicted molar refractivity (Wildman–Crippen MR) is 88.1 cm³/mol. The minimum atomic E-state index is -1.12. The van der Waals surface area contributed by atoms with Gasteiger partial charge in [-0.05, 0) is 26.0 Å². The first-order valence-corrected chi connectivity index (χ1v) is 8.07. The molecule has 25 heavy (non-hydrogen) atoms. The lowest BCUT2D eigenvalue weighted by Crippen LogP contribution is -2.22. The average molecular weight is 386 g/mol. The van der Waals surface area contributed by atoms with Gasteiger partial charge >= 0.3 is 5.97 Å². The molecule has 0 spiro atoms. The van der Waals surface area contributed by atoms with Crippen LogP contribution in [0.2, 0.25) is 0 Å². The lowest BCUT2D eigenvalue weighted by Gasteiger charge is -2.14. The standard InChI is InChI=1S/C15H13Cl2N3O5/c1-8(24-13(21)14(2)7-15(14,16)17)11-18-19-12(25-11)9-3-5-10(6-4-9)20(22)23/h3-6,8H,7H2,1-2H3/t8-,14-/m1/s1. The minimum Gasteiger partial charge on any atom is -0.452 e. The number of benzene rings is 1. The molecule has 1 saturated carbocycles. The van der Waals surface area contributed by atoms with E-state index in [0.717, 1.165) is 0 Å². The van der Waals surface area contributed by atoms with E-state index in [9.17, 15) is 14.9 Å². The molecule has 8 nitrogen and oxygen atoms in total. The maximum absolute atomic E-state index is 12.2. The van der Waals surface area contributed by atoms with Crippen molar-refractivity contribution >= 4 is 34.9 Å². The molecule has 1 aliphatic rings. The molecular weight excluding hydrogens is 373 g/mol. The maximum atomic E-state index is 12.2. The highest BCUT2D eigenvalue weighted by molar-refractivity contribution is 6.53. The van der Waals surface area contributed by atoms with E-state index in [1.807, 2.05) is 0 Å². The number of alkyl halides is 2. The lowest BCUT2D eigenvalue weighted by atomic mass is 10.1. The summed E-state index contributed by atoms with van der Waals surface area (Å²) in [4.78, 5) is 22.3. The molecule has 0 unspecified atom stereocenters. The molecule has 10 heteroatoms. The second-order valence-electron chi connectivity index (χ2n) is 6.01. The Morgan fingerprint density at radius 1 is 1.36 bits per heavy atom. The monoisotopic (exact) mass is 385 g/mol. The van der Waals surface area contributed by atoms with Crippen LogP contribution in [0.25, 0.3) is 11.5 Å². The van der Waals surface area contributed by atoms with Gasteiger partial charge in [0.1, 0.15) is 9.75 Å². The number of carbonyl (C=O) groups excluding carboxylic acids is 1. The van der Waals surface area contributed by atoms with Crippen molar-refractivity contribution in [2.75, 3.05) is 0 Å². The molecule has 0 radical (unpaired) electrons. The number of nitro benzene ring substituents is 1. The number of nitrogens with zero attached hydrogens (tertiary/aromatic N) is 3. The number of halogens is 2. The number of esters is 1. The zero-order chi connectivity index (χ0) is 18.4. The number of nitro groups is 1. The first kappa shape index (κ1) is 17.6.